The number of nitro benzene ring substituents is 1. The summed E-state index contributed by atoms with van der Waals surface area (Å²) in [6.07, 6.45) is 0. The average molecular weight is 188 g/mol. The summed E-state index contributed by atoms with van der Waals surface area (Å²) in [5.74, 6) is 0. The molecule has 2 aromatic rings. The van der Waals surface area contributed by atoms with E-state index >= 15 is 0 Å². The molecule has 1 heterocycles. The first-order chi connectivity index (χ1) is 6.74. The number of non-ortho nitro benzene ring substituents is 1. The lowest BCUT2D eigenvalue weighted by Crippen LogP contribution is -1.88. The molecule has 0 aliphatic heterocycles. The average Bonchev–Trinajstić information content (AvgIpc) is 2.59. The minimum Gasteiger partial charge on any atom is -0.270 e. The number of benzene rings is 1. The van der Waals surface area contributed by atoms with E-state index in [0.717, 1.165) is 0 Å². The van der Waals surface area contributed by atoms with Gasteiger partial charge in [0.15, 0.2) is 5.69 Å². The van der Waals surface area contributed by atoms with E-state index in [2.05, 4.69) is 10.2 Å². The third-order valence-corrected chi connectivity index (χ3v) is 1.88. The summed E-state index contributed by atoms with van der Waals surface area (Å²) in [6, 6.07) is 6.35. The summed E-state index contributed by atoms with van der Waals surface area (Å²) in [7, 11) is 0. The van der Waals surface area contributed by atoms with Crippen LogP contribution >= 0.6 is 0 Å². The Morgan fingerprint density at radius 3 is 3.00 bits per heavy atom. The van der Waals surface area contributed by atoms with E-state index < -0.39 is 4.92 Å². The molecule has 0 aliphatic carbocycles. The number of para-hydroxylation sites is 1. The van der Waals surface area contributed by atoms with Crippen LogP contribution in [0.5, 0.6) is 0 Å². The standard InChI is InChI=1S/C8H4N4O2/c9-4-6-5-2-1-3-7(12(13)14)8(5)11-10-6/h1-3H,(H,10,11). The highest BCUT2D eigenvalue weighted by Gasteiger charge is 2.15. The molecule has 0 spiro atoms. The SMILES string of the molecule is N#Cc1n[nH]c2c([N+](=O)[O-])cccc12. The number of aromatic nitrogens is 2. The lowest BCUT2D eigenvalue weighted by Gasteiger charge is -1.91. The van der Waals surface area contributed by atoms with Crippen LogP contribution in [0.1, 0.15) is 5.69 Å². The molecule has 0 amide bonds. The predicted molar refractivity (Wildman–Crippen MR) is 47.5 cm³/mol. The van der Waals surface area contributed by atoms with Crippen LogP contribution in [-0.4, -0.2) is 15.1 Å². The van der Waals surface area contributed by atoms with Crippen molar-refractivity contribution in [3.63, 3.8) is 0 Å². The van der Waals surface area contributed by atoms with Crippen molar-refractivity contribution in [2.24, 2.45) is 0 Å². The van der Waals surface area contributed by atoms with Gasteiger partial charge in [0.1, 0.15) is 11.6 Å². The van der Waals surface area contributed by atoms with Crippen LogP contribution in [0.4, 0.5) is 5.69 Å². The molecule has 0 aliphatic rings. The number of nitro groups is 1. The fraction of sp³-hybridized carbons (Fsp3) is 0. The summed E-state index contributed by atoms with van der Waals surface area (Å²) >= 11 is 0. The maximum atomic E-state index is 10.6. The first-order valence-corrected chi connectivity index (χ1v) is 3.75. The zero-order valence-corrected chi connectivity index (χ0v) is 6.89. The Morgan fingerprint density at radius 2 is 2.36 bits per heavy atom. The third kappa shape index (κ3) is 0.998. The molecule has 0 radical (unpaired) electrons. The summed E-state index contributed by atoms with van der Waals surface area (Å²) < 4.78 is 0. The van der Waals surface area contributed by atoms with E-state index in [1.54, 1.807) is 6.07 Å². The van der Waals surface area contributed by atoms with E-state index in [-0.39, 0.29) is 16.9 Å². The Morgan fingerprint density at radius 1 is 1.57 bits per heavy atom. The van der Waals surface area contributed by atoms with Gasteiger partial charge in [0, 0.05) is 11.5 Å². The first-order valence-electron chi connectivity index (χ1n) is 3.75. The lowest BCUT2D eigenvalue weighted by molar-refractivity contribution is -0.383. The predicted octanol–water partition coefficient (Wildman–Crippen LogP) is 1.34. The van der Waals surface area contributed by atoms with Gasteiger partial charge in [-0.1, -0.05) is 6.07 Å². The van der Waals surface area contributed by atoms with Crippen molar-refractivity contribution < 1.29 is 4.92 Å². The zero-order chi connectivity index (χ0) is 10.1. The van der Waals surface area contributed by atoms with E-state index in [1.807, 2.05) is 6.07 Å². The van der Waals surface area contributed by atoms with Gasteiger partial charge >= 0.3 is 0 Å². The number of fused-ring (bicyclic) bond motifs is 1. The molecule has 0 unspecified atom stereocenters. The number of hydrogen-bond donors (Lipinski definition) is 1. The highest BCUT2D eigenvalue weighted by atomic mass is 16.6. The number of H-pyrrole nitrogens is 1. The molecule has 1 aromatic carbocycles. The second kappa shape index (κ2) is 2.81. The molecule has 6 nitrogen and oxygen atoms in total. The molecule has 0 bridgehead atoms. The van der Waals surface area contributed by atoms with Crippen LogP contribution in [0.25, 0.3) is 10.9 Å². The number of nitrogens with zero attached hydrogens (tertiary/aromatic N) is 3. The van der Waals surface area contributed by atoms with Crippen LogP contribution < -0.4 is 0 Å². The second-order valence-electron chi connectivity index (χ2n) is 2.64. The van der Waals surface area contributed by atoms with Gasteiger partial charge in [0.25, 0.3) is 5.69 Å². The van der Waals surface area contributed by atoms with E-state index in [0.29, 0.717) is 5.39 Å². The molecule has 1 aromatic heterocycles. The molecule has 6 heteroatoms. The van der Waals surface area contributed by atoms with E-state index in [9.17, 15) is 10.1 Å². The van der Waals surface area contributed by atoms with Crippen LogP contribution in [0.3, 0.4) is 0 Å². The van der Waals surface area contributed by atoms with Crippen molar-refractivity contribution >= 4 is 16.6 Å². The maximum absolute atomic E-state index is 10.6. The number of hydrogen-bond acceptors (Lipinski definition) is 4. The van der Waals surface area contributed by atoms with Crippen LogP contribution in [0.15, 0.2) is 18.2 Å². The highest BCUT2D eigenvalue weighted by molar-refractivity contribution is 5.90. The van der Waals surface area contributed by atoms with Crippen molar-refractivity contribution in [1.29, 1.82) is 5.26 Å². The van der Waals surface area contributed by atoms with Crippen LogP contribution in [0, 0.1) is 21.4 Å². The van der Waals surface area contributed by atoms with Gasteiger partial charge in [-0.3, -0.25) is 15.2 Å². The zero-order valence-electron chi connectivity index (χ0n) is 6.89. The molecule has 0 fully saturated rings. The Labute approximate surface area is 77.9 Å². The van der Waals surface area contributed by atoms with Gasteiger partial charge in [-0.2, -0.15) is 10.4 Å². The monoisotopic (exact) mass is 188 g/mol. The number of nitrogens with one attached hydrogen (secondary N) is 1. The summed E-state index contributed by atoms with van der Waals surface area (Å²) in [6.45, 7) is 0. The largest absolute Gasteiger partial charge is 0.294 e. The highest BCUT2D eigenvalue weighted by Crippen LogP contribution is 2.24. The summed E-state index contributed by atoms with van der Waals surface area (Å²) in [5.41, 5.74) is 0.384. The molecule has 0 atom stereocenters. The van der Waals surface area contributed by atoms with Crippen molar-refractivity contribution in [3.8, 4) is 6.07 Å². The molecule has 0 saturated heterocycles. The topological polar surface area (TPSA) is 95.6 Å². The van der Waals surface area contributed by atoms with Gasteiger partial charge in [-0.05, 0) is 6.07 Å². The Balaban J connectivity index is 2.85. The Hall–Kier alpha value is -2.42. The van der Waals surface area contributed by atoms with Crippen molar-refractivity contribution in [1.82, 2.24) is 10.2 Å². The van der Waals surface area contributed by atoms with E-state index in [4.69, 9.17) is 5.26 Å². The van der Waals surface area contributed by atoms with Gasteiger partial charge in [0.2, 0.25) is 0 Å². The van der Waals surface area contributed by atoms with Crippen molar-refractivity contribution in [3.05, 3.63) is 34.0 Å². The Bertz CT molecular complexity index is 552. The molecule has 14 heavy (non-hydrogen) atoms. The molecular formula is C8H4N4O2. The normalized spacial score (nSPS) is 9.93. The summed E-state index contributed by atoms with van der Waals surface area (Å²) in [5, 5.41) is 25.9. The number of rotatable bonds is 1. The quantitative estimate of drug-likeness (QED) is 0.539. The number of aromatic amines is 1. The van der Waals surface area contributed by atoms with Crippen molar-refractivity contribution in [2.75, 3.05) is 0 Å². The fourth-order valence-electron chi connectivity index (χ4n) is 1.26. The second-order valence-corrected chi connectivity index (χ2v) is 2.64. The smallest absolute Gasteiger partial charge is 0.270 e. The molecule has 0 saturated carbocycles. The van der Waals surface area contributed by atoms with Gasteiger partial charge in [-0.25, -0.2) is 0 Å². The minimum atomic E-state index is -0.512. The van der Waals surface area contributed by atoms with Gasteiger partial charge in [-0.15, -0.1) is 0 Å². The first kappa shape index (κ1) is 8.19. The number of nitriles is 1. The maximum Gasteiger partial charge on any atom is 0.294 e. The van der Waals surface area contributed by atoms with Crippen molar-refractivity contribution in [2.45, 2.75) is 0 Å². The molecule has 2 rings (SSSR count). The lowest BCUT2D eigenvalue weighted by atomic mass is 10.2. The van der Waals surface area contributed by atoms with Crippen LogP contribution in [-0.2, 0) is 0 Å². The van der Waals surface area contributed by atoms with Gasteiger partial charge < -0.3 is 0 Å². The summed E-state index contributed by atoms with van der Waals surface area (Å²) in [4.78, 5) is 10.1. The third-order valence-electron chi connectivity index (χ3n) is 1.88. The fourth-order valence-corrected chi connectivity index (χ4v) is 1.26. The molecule has 1 N–H and O–H groups in total. The molecule has 68 valence electrons. The van der Waals surface area contributed by atoms with E-state index in [1.165, 1.54) is 12.1 Å². The van der Waals surface area contributed by atoms with Crippen LogP contribution in [0.2, 0.25) is 0 Å². The molecular weight excluding hydrogens is 184 g/mol. The Kier molecular flexibility index (Phi) is 1.65. The van der Waals surface area contributed by atoms with Gasteiger partial charge in [0.05, 0.1) is 4.92 Å². The minimum absolute atomic E-state index is 0.0727.